The second-order valence-corrected chi connectivity index (χ2v) is 6.80. The maximum atomic E-state index is 12.8. The van der Waals surface area contributed by atoms with Gasteiger partial charge in [0.05, 0.1) is 22.6 Å². The summed E-state index contributed by atoms with van der Waals surface area (Å²) >= 11 is 0. The third kappa shape index (κ3) is 2.58. The molecule has 6 nitrogen and oxygen atoms in total. The van der Waals surface area contributed by atoms with E-state index in [1.807, 2.05) is 32.9 Å². The minimum Gasteiger partial charge on any atom is -0.368 e. The predicted molar refractivity (Wildman–Crippen MR) is 98.0 cm³/mol. The van der Waals surface area contributed by atoms with Gasteiger partial charge in [0.25, 0.3) is 0 Å². The Morgan fingerprint density at radius 1 is 1.04 bits per heavy atom. The zero-order chi connectivity index (χ0) is 18.4. The van der Waals surface area contributed by atoms with Gasteiger partial charge in [-0.2, -0.15) is 0 Å². The number of nitrogens with two attached hydrogens (primary N) is 1. The number of ketones is 1. The molecule has 1 aromatic carbocycles. The number of fused-ring (bicyclic) bond motifs is 1. The summed E-state index contributed by atoms with van der Waals surface area (Å²) in [6, 6.07) is 8.12. The first-order valence-corrected chi connectivity index (χ1v) is 8.64. The zero-order valence-electron chi connectivity index (χ0n) is 15.0. The van der Waals surface area contributed by atoms with Gasteiger partial charge in [0, 0.05) is 12.0 Å². The normalized spacial score (nSPS) is 16.6. The van der Waals surface area contributed by atoms with Crippen molar-refractivity contribution in [3.63, 3.8) is 0 Å². The van der Waals surface area contributed by atoms with E-state index in [0.29, 0.717) is 24.1 Å². The lowest BCUT2D eigenvalue weighted by Gasteiger charge is -2.26. The number of hydrogen-bond donors (Lipinski definition) is 1. The van der Waals surface area contributed by atoms with Crippen LogP contribution in [0.2, 0.25) is 0 Å². The fourth-order valence-electron chi connectivity index (χ4n) is 3.97. The number of hydrogen-bond acceptors (Lipinski definition) is 6. The number of Topliss-reactive ketones (excluding diaryl/α,β-unsaturated/α-hetero) is 1. The van der Waals surface area contributed by atoms with Crippen LogP contribution in [0.3, 0.4) is 0 Å². The van der Waals surface area contributed by atoms with Gasteiger partial charge in [-0.05, 0) is 44.2 Å². The Labute approximate surface area is 151 Å². The molecule has 6 heteroatoms. The van der Waals surface area contributed by atoms with Crippen molar-refractivity contribution in [2.75, 3.05) is 5.73 Å². The van der Waals surface area contributed by atoms with Crippen LogP contribution in [-0.2, 0) is 6.42 Å². The predicted octanol–water partition coefficient (Wildman–Crippen LogP) is 3.55. The Kier molecular flexibility index (Phi) is 3.83. The smallest absolute Gasteiger partial charge is 0.220 e. The molecule has 0 fully saturated rings. The maximum Gasteiger partial charge on any atom is 0.220 e. The summed E-state index contributed by atoms with van der Waals surface area (Å²) in [5, 5.41) is 4.07. The topological polar surface area (TPSA) is 94.9 Å². The molecule has 1 unspecified atom stereocenters. The lowest BCUT2D eigenvalue weighted by Crippen LogP contribution is -2.23. The van der Waals surface area contributed by atoms with Crippen LogP contribution >= 0.6 is 0 Å². The third-order valence-corrected chi connectivity index (χ3v) is 5.04. The van der Waals surface area contributed by atoms with E-state index in [4.69, 9.17) is 10.3 Å². The van der Waals surface area contributed by atoms with Crippen molar-refractivity contribution in [1.29, 1.82) is 0 Å². The van der Waals surface area contributed by atoms with Gasteiger partial charge in [0.2, 0.25) is 5.95 Å². The fraction of sp³-hybridized carbons (Fsp3) is 0.300. The van der Waals surface area contributed by atoms with E-state index < -0.39 is 0 Å². The summed E-state index contributed by atoms with van der Waals surface area (Å²) in [6.07, 6.45) is 1.09. The lowest BCUT2D eigenvalue weighted by molar-refractivity contribution is 0.0962. The average Bonchev–Trinajstić information content (AvgIpc) is 2.92. The van der Waals surface area contributed by atoms with Crippen LogP contribution in [0.4, 0.5) is 5.95 Å². The van der Waals surface area contributed by atoms with E-state index in [9.17, 15) is 4.79 Å². The number of nitrogen functional groups attached to an aromatic ring is 1. The van der Waals surface area contributed by atoms with E-state index in [0.717, 1.165) is 33.8 Å². The molecule has 2 aromatic heterocycles. The number of aromatic nitrogens is 3. The van der Waals surface area contributed by atoms with Crippen LogP contribution in [-0.4, -0.2) is 20.9 Å². The van der Waals surface area contributed by atoms with Crippen LogP contribution in [0.5, 0.6) is 0 Å². The van der Waals surface area contributed by atoms with Crippen molar-refractivity contribution in [3.8, 4) is 11.1 Å². The minimum atomic E-state index is 0.0357. The SMILES string of the molecule is Cc1nc(N)nc2c1C(=O)CC(c1ccccc1-c1c(C)noc1C)C2. The number of carbonyl (C=O) groups is 1. The van der Waals surface area contributed by atoms with E-state index in [-0.39, 0.29) is 17.6 Å². The maximum absolute atomic E-state index is 12.8. The lowest BCUT2D eigenvalue weighted by atomic mass is 9.78. The molecule has 0 saturated carbocycles. The highest BCUT2D eigenvalue weighted by Crippen LogP contribution is 2.39. The molecule has 3 aromatic rings. The van der Waals surface area contributed by atoms with Crippen molar-refractivity contribution in [1.82, 2.24) is 15.1 Å². The molecule has 0 aliphatic heterocycles. The molecule has 2 N–H and O–H groups in total. The summed E-state index contributed by atoms with van der Waals surface area (Å²) in [4.78, 5) is 21.3. The molecule has 0 radical (unpaired) electrons. The molecule has 1 aliphatic rings. The van der Waals surface area contributed by atoms with Crippen LogP contribution < -0.4 is 5.73 Å². The van der Waals surface area contributed by atoms with E-state index in [2.05, 4.69) is 27.3 Å². The first-order chi connectivity index (χ1) is 12.5. The molecule has 0 amide bonds. The summed E-state index contributed by atoms with van der Waals surface area (Å²) in [5.74, 6) is 1.10. The highest BCUT2D eigenvalue weighted by molar-refractivity contribution is 6.00. The van der Waals surface area contributed by atoms with Crippen LogP contribution in [0.1, 0.15) is 51.1 Å². The molecule has 0 spiro atoms. The second-order valence-electron chi connectivity index (χ2n) is 6.80. The molecule has 1 atom stereocenters. The number of anilines is 1. The molecule has 4 rings (SSSR count). The minimum absolute atomic E-state index is 0.0357. The fourth-order valence-corrected chi connectivity index (χ4v) is 3.97. The van der Waals surface area contributed by atoms with Gasteiger partial charge in [-0.3, -0.25) is 4.79 Å². The Morgan fingerprint density at radius 2 is 1.81 bits per heavy atom. The molecule has 0 bridgehead atoms. The van der Waals surface area contributed by atoms with Crippen LogP contribution in [0, 0.1) is 20.8 Å². The largest absolute Gasteiger partial charge is 0.368 e. The van der Waals surface area contributed by atoms with Crippen LogP contribution in [0.15, 0.2) is 28.8 Å². The Balaban J connectivity index is 1.82. The zero-order valence-corrected chi connectivity index (χ0v) is 15.0. The first kappa shape index (κ1) is 16.4. The summed E-state index contributed by atoms with van der Waals surface area (Å²) in [5.41, 5.74) is 11.8. The number of nitrogens with zero attached hydrogens (tertiary/aromatic N) is 3. The molecular weight excluding hydrogens is 328 g/mol. The van der Waals surface area contributed by atoms with Crippen molar-refractivity contribution < 1.29 is 9.32 Å². The Hall–Kier alpha value is -3.02. The van der Waals surface area contributed by atoms with Crippen molar-refractivity contribution >= 4 is 11.7 Å². The second kappa shape index (κ2) is 6.05. The summed E-state index contributed by atoms with van der Waals surface area (Å²) in [7, 11) is 0. The van der Waals surface area contributed by atoms with Crippen molar-refractivity contribution in [2.45, 2.75) is 39.5 Å². The molecule has 0 saturated heterocycles. The Bertz CT molecular complexity index is 1000. The van der Waals surface area contributed by atoms with Gasteiger partial charge in [-0.1, -0.05) is 29.4 Å². The Morgan fingerprint density at radius 3 is 2.54 bits per heavy atom. The van der Waals surface area contributed by atoms with E-state index >= 15 is 0 Å². The summed E-state index contributed by atoms with van der Waals surface area (Å²) in [6.45, 7) is 5.65. The van der Waals surface area contributed by atoms with Gasteiger partial charge in [0.1, 0.15) is 5.76 Å². The molecule has 1 aliphatic carbocycles. The van der Waals surface area contributed by atoms with Crippen molar-refractivity contribution in [2.24, 2.45) is 0 Å². The highest BCUT2D eigenvalue weighted by Gasteiger charge is 2.31. The monoisotopic (exact) mass is 348 g/mol. The van der Waals surface area contributed by atoms with E-state index in [1.54, 1.807) is 0 Å². The number of benzene rings is 1. The third-order valence-electron chi connectivity index (χ3n) is 5.04. The molecular formula is C20H20N4O2. The van der Waals surface area contributed by atoms with Gasteiger partial charge in [-0.15, -0.1) is 0 Å². The number of rotatable bonds is 2. The first-order valence-electron chi connectivity index (χ1n) is 8.64. The summed E-state index contributed by atoms with van der Waals surface area (Å²) < 4.78 is 5.35. The highest BCUT2D eigenvalue weighted by atomic mass is 16.5. The van der Waals surface area contributed by atoms with Crippen LogP contribution in [0.25, 0.3) is 11.1 Å². The molecule has 26 heavy (non-hydrogen) atoms. The standard InChI is InChI=1S/C20H20N4O2/c1-10-19-16(23-20(21)22-10)8-13(9-17(19)25)14-6-4-5-7-15(14)18-11(2)24-26-12(18)3/h4-7,13H,8-9H2,1-3H3,(H2,21,22,23). The van der Waals surface area contributed by atoms with E-state index in [1.165, 1.54) is 0 Å². The van der Waals surface area contributed by atoms with Gasteiger partial charge in [0.15, 0.2) is 5.78 Å². The van der Waals surface area contributed by atoms with Gasteiger partial charge < -0.3 is 10.3 Å². The van der Waals surface area contributed by atoms with Crippen molar-refractivity contribution in [3.05, 3.63) is 58.2 Å². The van der Waals surface area contributed by atoms with Gasteiger partial charge in [-0.25, -0.2) is 9.97 Å². The quantitative estimate of drug-likeness (QED) is 0.761. The number of carbonyl (C=O) groups excluding carboxylic acids is 1. The molecule has 132 valence electrons. The molecule has 2 heterocycles. The van der Waals surface area contributed by atoms with Gasteiger partial charge >= 0.3 is 0 Å². The average molecular weight is 348 g/mol. The number of aryl methyl sites for hydroxylation is 3.